The van der Waals surface area contributed by atoms with Crippen molar-refractivity contribution in [3.8, 4) is 0 Å². The Bertz CT molecular complexity index is 325. The van der Waals surface area contributed by atoms with Crippen LogP contribution in [0.3, 0.4) is 0 Å². The Hall–Kier alpha value is -0.730. The van der Waals surface area contributed by atoms with E-state index in [4.69, 9.17) is 16.3 Å². The van der Waals surface area contributed by atoms with Gasteiger partial charge in [0.2, 0.25) is 0 Å². The van der Waals surface area contributed by atoms with Gasteiger partial charge in [-0.25, -0.2) is 0 Å². The molecule has 1 N–H and O–H groups in total. The number of benzene rings is 1. The van der Waals surface area contributed by atoms with Gasteiger partial charge in [0.25, 0.3) is 0 Å². The number of rotatable bonds is 3. The molecular formula is C13H18ClNO. The predicted octanol–water partition coefficient (Wildman–Crippen LogP) is 3.71. The van der Waals surface area contributed by atoms with Crippen molar-refractivity contribution in [1.29, 1.82) is 0 Å². The summed E-state index contributed by atoms with van der Waals surface area (Å²) >= 11 is 5.85. The molecule has 0 aliphatic heterocycles. The number of nitrogens with one attached hydrogen (secondary N) is 1. The zero-order valence-electron chi connectivity index (χ0n) is 9.58. The lowest BCUT2D eigenvalue weighted by Crippen LogP contribution is -2.30. The molecule has 3 heteroatoms. The first kappa shape index (κ1) is 11.7. The van der Waals surface area contributed by atoms with Crippen molar-refractivity contribution in [3.63, 3.8) is 0 Å². The molecular weight excluding hydrogens is 222 g/mol. The zero-order valence-corrected chi connectivity index (χ0v) is 10.3. The molecule has 2 unspecified atom stereocenters. The van der Waals surface area contributed by atoms with Gasteiger partial charge < -0.3 is 10.1 Å². The molecule has 0 saturated heterocycles. The molecule has 1 aromatic rings. The molecule has 0 heterocycles. The van der Waals surface area contributed by atoms with Crippen LogP contribution < -0.4 is 5.32 Å². The maximum Gasteiger partial charge on any atom is 0.0590 e. The van der Waals surface area contributed by atoms with E-state index in [1.54, 1.807) is 7.11 Å². The molecule has 2 nitrogen and oxygen atoms in total. The Morgan fingerprint density at radius 3 is 2.69 bits per heavy atom. The summed E-state index contributed by atoms with van der Waals surface area (Å²) in [5, 5.41) is 4.32. The third-order valence-corrected chi connectivity index (χ3v) is 3.43. The van der Waals surface area contributed by atoms with Crippen LogP contribution in [0.1, 0.15) is 25.7 Å². The lowest BCUT2D eigenvalue weighted by Gasteiger charge is -2.29. The number of hydrogen-bond acceptors (Lipinski definition) is 2. The van der Waals surface area contributed by atoms with Crippen LogP contribution in [-0.4, -0.2) is 19.3 Å². The fraction of sp³-hybridized carbons (Fsp3) is 0.538. The standard InChI is InChI=1S/C13H18ClNO/c1-16-13-4-2-3-12(9-13)15-11-7-5-10(14)6-8-11/h5-8,12-13,15H,2-4,9H2,1H3. The normalized spacial score (nSPS) is 25.4. The van der Waals surface area contributed by atoms with Gasteiger partial charge in [0, 0.05) is 23.9 Å². The van der Waals surface area contributed by atoms with Crippen LogP contribution in [0.4, 0.5) is 5.69 Å². The van der Waals surface area contributed by atoms with E-state index in [9.17, 15) is 0 Å². The molecule has 88 valence electrons. The van der Waals surface area contributed by atoms with Crippen molar-refractivity contribution >= 4 is 17.3 Å². The second-order valence-electron chi connectivity index (χ2n) is 4.37. The first-order valence-corrected chi connectivity index (χ1v) is 6.20. The molecule has 0 radical (unpaired) electrons. The molecule has 2 atom stereocenters. The molecule has 16 heavy (non-hydrogen) atoms. The maximum atomic E-state index is 5.85. The number of anilines is 1. The maximum absolute atomic E-state index is 5.85. The van der Waals surface area contributed by atoms with Crippen molar-refractivity contribution in [2.24, 2.45) is 0 Å². The fourth-order valence-electron chi connectivity index (χ4n) is 2.27. The zero-order chi connectivity index (χ0) is 11.4. The highest BCUT2D eigenvalue weighted by atomic mass is 35.5. The van der Waals surface area contributed by atoms with Crippen LogP contribution in [0.2, 0.25) is 5.02 Å². The summed E-state index contributed by atoms with van der Waals surface area (Å²) in [7, 11) is 1.80. The van der Waals surface area contributed by atoms with Crippen molar-refractivity contribution < 1.29 is 4.74 Å². The monoisotopic (exact) mass is 239 g/mol. The first-order chi connectivity index (χ1) is 7.78. The van der Waals surface area contributed by atoms with Crippen LogP contribution in [0, 0.1) is 0 Å². The van der Waals surface area contributed by atoms with Crippen molar-refractivity contribution in [2.45, 2.75) is 37.8 Å². The summed E-state index contributed by atoms with van der Waals surface area (Å²) in [6, 6.07) is 8.42. The third kappa shape index (κ3) is 3.13. The summed E-state index contributed by atoms with van der Waals surface area (Å²) in [5.74, 6) is 0. The Morgan fingerprint density at radius 1 is 1.25 bits per heavy atom. The summed E-state index contributed by atoms with van der Waals surface area (Å²) in [6.07, 6.45) is 5.17. The predicted molar refractivity (Wildman–Crippen MR) is 68.1 cm³/mol. The molecule has 1 fully saturated rings. The Morgan fingerprint density at radius 2 is 2.00 bits per heavy atom. The van der Waals surface area contributed by atoms with E-state index in [1.807, 2.05) is 24.3 Å². The van der Waals surface area contributed by atoms with E-state index in [2.05, 4.69) is 5.32 Å². The van der Waals surface area contributed by atoms with E-state index in [0.29, 0.717) is 12.1 Å². The van der Waals surface area contributed by atoms with E-state index in [-0.39, 0.29) is 0 Å². The second kappa shape index (κ2) is 5.55. The van der Waals surface area contributed by atoms with Crippen LogP contribution in [0.5, 0.6) is 0 Å². The van der Waals surface area contributed by atoms with Crippen LogP contribution in [-0.2, 0) is 4.74 Å². The SMILES string of the molecule is COC1CCCC(Nc2ccc(Cl)cc2)C1. The summed E-state index contributed by atoms with van der Waals surface area (Å²) in [6.45, 7) is 0. The quantitative estimate of drug-likeness (QED) is 0.868. The smallest absolute Gasteiger partial charge is 0.0590 e. The summed E-state index contributed by atoms with van der Waals surface area (Å²) < 4.78 is 5.42. The van der Waals surface area contributed by atoms with Crippen LogP contribution in [0.25, 0.3) is 0 Å². The molecule has 1 aromatic carbocycles. The molecule has 1 aliphatic carbocycles. The first-order valence-electron chi connectivity index (χ1n) is 5.83. The topological polar surface area (TPSA) is 21.3 Å². The van der Waals surface area contributed by atoms with Gasteiger partial charge in [0.05, 0.1) is 6.10 Å². The van der Waals surface area contributed by atoms with E-state index in [1.165, 1.54) is 19.3 Å². The molecule has 0 amide bonds. The molecule has 1 saturated carbocycles. The summed E-state index contributed by atoms with van der Waals surface area (Å²) in [5.41, 5.74) is 1.14. The summed E-state index contributed by atoms with van der Waals surface area (Å²) in [4.78, 5) is 0. The van der Waals surface area contributed by atoms with Crippen LogP contribution >= 0.6 is 11.6 Å². The number of hydrogen-bond donors (Lipinski definition) is 1. The molecule has 0 aromatic heterocycles. The number of halogens is 1. The minimum Gasteiger partial charge on any atom is -0.382 e. The highest BCUT2D eigenvalue weighted by Gasteiger charge is 2.21. The van der Waals surface area contributed by atoms with Crippen molar-refractivity contribution in [2.75, 3.05) is 12.4 Å². The Balaban J connectivity index is 1.91. The van der Waals surface area contributed by atoms with Gasteiger partial charge in [0.1, 0.15) is 0 Å². The number of methoxy groups -OCH3 is 1. The van der Waals surface area contributed by atoms with Crippen molar-refractivity contribution in [1.82, 2.24) is 0 Å². The Labute approximate surface area is 102 Å². The lowest BCUT2D eigenvalue weighted by atomic mass is 9.92. The van der Waals surface area contributed by atoms with Gasteiger partial charge in [0.15, 0.2) is 0 Å². The van der Waals surface area contributed by atoms with Crippen molar-refractivity contribution in [3.05, 3.63) is 29.3 Å². The lowest BCUT2D eigenvalue weighted by molar-refractivity contribution is 0.0669. The van der Waals surface area contributed by atoms with Gasteiger partial charge in [-0.2, -0.15) is 0 Å². The third-order valence-electron chi connectivity index (χ3n) is 3.17. The Kier molecular flexibility index (Phi) is 4.08. The van der Waals surface area contributed by atoms with Crippen LogP contribution in [0.15, 0.2) is 24.3 Å². The highest BCUT2D eigenvalue weighted by Crippen LogP contribution is 2.24. The van der Waals surface area contributed by atoms with E-state index in [0.717, 1.165) is 17.1 Å². The van der Waals surface area contributed by atoms with E-state index < -0.39 is 0 Å². The molecule has 0 bridgehead atoms. The van der Waals surface area contributed by atoms with Gasteiger partial charge in [-0.3, -0.25) is 0 Å². The minimum atomic E-state index is 0.415. The molecule has 0 spiro atoms. The average Bonchev–Trinajstić information content (AvgIpc) is 2.32. The van der Waals surface area contributed by atoms with Gasteiger partial charge in [-0.05, 0) is 49.9 Å². The highest BCUT2D eigenvalue weighted by molar-refractivity contribution is 6.30. The number of ether oxygens (including phenoxy) is 1. The van der Waals surface area contributed by atoms with Gasteiger partial charge >= 0.3 is 0 Å². The fourth-order valence-corrected chi connectivity index (χ4v) is 2.40. The van der Waals surface area contributed by atoms with Gasteiger partial charge in [-0.15, -0.1) is 0 Å². The average molecular weight is 240 g/mol. The minimum absolute atomic E-state index is 0.415. The second-order valence-corrected chi connectivity index (χ2v) is 4.81. The largest absolute Gasteiger partial charge is 0.382 e. The molecule has 1 aliphatic rings. The van der Waals surface area contributed by atoms with E-state index >= 15 is 0 Å². The van der Waals surface area contributed by atoms with Gasteiger partial charge in [-0.1, -0.05) is 11.6 Å². The molecule has 2 rings (SSSR count).